The van der Waals surface area contributed by atoms with Crippen LogP contribution in [0.4, 0.5) is 5.69 Å². The van der Waals surface area contributed by atoms with E-state index in [1.807, 2.05) is 6.07 Å². The Hall–Kier alpha value is -2.70. The monoisotopic (exact) mass is 580 g/mol. The third-order valence-electron chi connectivity index (χ3n) is 7.52. The zero-order valence-corrected chi connectivity index (χ0v) is 23.0. The average Bonchev–Trinajstić information content (AvgIpc) is 3.21. The second-order valence-corrected chi connectivity index (χ2v) is 11.8. The van der Waals surface area contributed by atoms with E-state index in [4.69, 9.17) is 4.98 Å². The largest absolute Gasteiger partial charge is 0.326 e. The fourth-order valence-electron chi connectivity index (χ4n) is 5.70. The van der Waals surface area contributed by atoms with E-state index in [-0.39, 0.29) is 35.9 Å². The zero-order chi connectivity index (χ0) is 25.9. The number of amides is 3. The molecule has 2 heterocycles. The molecular weight excluding hydrogens is 552 g/mol. The van der Waals surface area contributed by atoms with Crippen molar-refractivity contribution in [2.45, 2.75) is 81.3 Å². The summed E-state index contributed by atoms with van der Waals surface area (Å²) < 4.78 is 0.857. The number of rotatable bonds is 6. The van der Waals surface area contributed by atoms with Crippen molar-refractivity contribution in [3.05, 3.63) is 51.6 Å². The third kappa shape index (κ3) is 5.46. The Morgan fingerprint density at radius 1 is 1.11 bits per heavy atom. The summed E-state index contributed by atoms with van der Waals surface area (Å²) in [6.07, 6.45) is 8.76. The topological polar surface area (TPSA) is 94.4 Å². The smallest absolute Gasteiger partial charge is 0.257 e. The fraction of sp³-hybridized carbons (Fsp3) is 0.464. The summed E-state index contributed by atoms with van der Waals surface area (Å²) in [5, 5.41) is 10.3. The molecule has 2 aliphatic carbocycles. The van der Waals surface area contributed by atoms with E-state index in [0.717, 1.165) is 73.5 Å². The van der Waals surface area contributed by atoms with Crippen molar-refractivity contribution in [2.24, 2.45) is 0 Å². The quantitative estimate of drug-likeness (QED) is 0.345. The molecule has 37 heavy (non-hydrogen) atoms. The Morgan fingerprint density at radius 2 is 1.84 bits per heavy atom. The minimum Gasteiger partial charge on any atom is -0.326 e. The van der Waals surface area contributed by atoms with Gasteiger partial charge in [-0.2, -0.15) is 5.26 Å². The van der Waals surface area contributed by atoms with Crippen molar-refractivity contribution in [3.8, 4) is 6.07 Å². The van der Waals surface area contributed by atoms with Gasteiger partial charge in [-0.15, -0.1) is 0 Å². The van der Waals surface area contributed by atoms with E-state index in [1.165, 1.54) is 16.7 Å². The molecule has 1 atom stereocenters. The van der Waals surface area contributed by atoms with Gasteiger partial charge in [0.15, 0.2) is 0 Å². The van der Waals surface area contributed by atoms with E-state index in [1.54, 1.807) is 29.2 Å². The van der Waals surface area contributed by atoms with Crippen molar-refractivity contribution >= 4 is 51.1 Å². The molecule has 192 valence electrons. The predicted octanol–water partition coefficient (Wildman–Crippen LogP) is 5.18. The molecule has 3 aliphatic rings. The standard InChI is InChI=1S/C28H29BrN4O3S/c29-20-10-12-22(13-11-20)33-25(34)15-24(28(33)36)32(21-7-2-1-3-8-21)26(35)17-37-27-19(16-30)14-18-6-4-5-9-23(18)31-27/h10-14,21,24H,1-9,15,17H2. The van der Waals surface area contributed by atoms with Crippen molar-refractivity contribution in [3.63, 3.8) is 0 Å². The maximum atomic E-state index is 13.7. The Labute approximate surface area is 229 Å². The molecule has 0 spiro atoms. The van der Waals surface area contributed by atoms with Crippen LogP contribution in [0.3, 0.4) is 0 Å². The van der Waals surface area contributed by atoms with Crippen LogP contribution >= 0.6 is 27.7 Å². The first-order valence-corrected chi connectivity index (χ1v) is 14.7. The number of hydrogen-bond acceptors (Lipinski definition) is 6. The van der Waals surface area contributed by atoms with Crippen LogP contribution in [0.5, 0.6) is 0 Å². The van der Waals surface area contributed by atoms with Crippen LogP contribution < -0.4 is 4.90 Å². The molecule has 1 aromatic heterocycles. The number of thioether (sulfide) groups is 1. The highest BCUT2D eigenvalue weighted by molar-refractivity contribution is 9.10. The number of aromatic nitrogens is 1. The van der Waals surface area contributed by atoms with Crippen LogP contribution in [0.1, 0.15) is 68.2 Å². The Bertz CT molecular complexity index is 1250. The maximum absolute atomic E-state index is 13.7. The number of fused-ring (bicyclic) bond motifs is 1. The fourth-order valence-corrected chi connectivity index (χ4v) is 6.80. The molecule has 1 unspecified atom stereocenters. The molecule has 1 saturated carbocycles. The second-order valence-electron chi connectivity index (χ2n) is 9.91. The van der Waals surface area contributed by atoms with Gasteiger partial charge >= 0.3 is 0 Å². The third-order valence-corrected chi connectivity index (χ3v) is 9.02. The molecule has 1 aromatic carbocycles. The van der Waals surface area contributed by atoms with Crippen LogP contribution in [0.25, 0.3) is 0 Å². The van der Waals surface area contributed by atoms with Crippen LogP contribution in [0.15, 0.2) is 39.8 Å². The number of nitriles is 1. The van der Waals surface area contributed by atoms with Crippen molar-refractivity contribution in [1.29, 1.82) is 5.26 Å². The van der Waals surface area contributed by atoms with Crippen LogP contribution in [-0.2, 0) is 27.2 Å². The van der Waals surface area contributed by atoms with Gasteiger partial charge in [0.2, 0.25) is 11.8 Å². The summed E-state index contributed by atoms with van der Waals surface area (Å²) in [5.74, 6) is -0.737. The highest BCUT2D eigenvalue weighted by atomic mass is 79.9. The van der Waals surface area contributed by atoms with Gasteiger partial charge in [-0.3, -0.25) is 14.4 Å². The number of halogens is 1. The number of pyridine rings is 1. The minimum absolute atomic E-state index is 0.0116. The summed E-state index contributed by atoms with van der Waals surface area (Å²) in [5.41, 5.74) is 3.16. The molecule has 0 N–H and O–H groups in total. The molecule has 3 amide bonds. The van der Waals surface area contributed by atoms with E-state index in [9.17, 15) is 19.6 Å². The van der Waals surface area contributed by atoms with Gasteiger partial charge in [-0.1, -0.05) is 47.0 Å². The molecular formula is C28H29BrN4O3S. The average molecular weight is 582 g/mol. The number of hydrogen-bond donors (Lipinski definition) is 0. The van der Waals surface area contributed by atoms with Gasteiger partial charge in [0.05, 0.1) is 23.4 Å². The molecule has 0 bridgehead atoms. The summed E-state index contributed by atoms with van der Waals surface area (Å²) in [4.78, 5) is 47.9. The highest BCUT2D eigenvalue weighted by Crippen LogP contribution is 2.33. The van der Waals surface area contributed by atoms with Crippen molar-refractivity contribution in [1.82, 2.24) is 9.88 Å². The van der Waals surface area contributed by atoms with Gasteiger partial charge in [0, 0.05) is 16.2 Å². The predicted molar refractivity (Wildman–Crippen MR) is 145 cm³/mol. The number of imide groups is 1. The summed E-state index contributed by atoms with van der Waals surface area (Å²) in [6, 6.07) is 10.3. The maximum Gasteiger partial charge on any atom is 0.257 e. The molecule has 9 heteroatoms. The van der Waals surface area contributed by atoms with Gasteiger partial charge in [0.25, 0.3) is 5.91 Å². The number of anilines is 1. The number of carbonyl (C=O) groups excluding carboxylic acids is 3. The van der Waals surface area contributed by atoms with Crippen LogP contribution in [0, 0.1) is 11.3 Å². The summed E-state index contributed by atoms with van der Waals surface area (Å²) >= 11 is 4.65. The lowest BCUT2D eigenvalue weighted by atomic mass is 9.92. The number of benzene rings is 1. The molecule has 1 saturated heterocycles. The number of nitrogens with zero attached hydrogens (tertiary/aromatic N) is 4. The van der Waals surface area contributed by atoms with Gasteiger partial charge in [0.1, 0.15) is 17.1 Å². The molecule has 1 aliphatic heterocycles. The minimum atomic E-state index is -0.806. The van der Waals surface area contributed by atoms with Gasteiger partial charge < -0.3 is 4.90 Å². The van der Waals surface area contributed by atoms with E-state index in [2.05, 4.69) is 22.0 Å². The molecule has 0 radical (unpaired) electrons. The molecule has 5 rings (SSSR count). The summed E-state index contributed by atoms with van der Waals surface area (Å²) in [6.45, 7) is 0. The first kappa shape index (κ1) is 25.9. The Morgan fingerprint density at radius 3 is 2.57 bits per heavy atom. The van der Waals surface area contributed by atoms with Crippen molar-refractivity contribution in [2.75, 3.05) is 10.7 Å². The normalized spacial score (nSPS) is 20.0. The molecule has 2 fully saturated rings. The second kappa shape index (κ2) is 11.4. The molecule has 2 aromatic rings. The van der Waals surface area contributed by atoms with E-state index in [0.29, 0.717) is 16.3 Å². The lowest BCUT2D eigenvalue weighted by Gasteiger charge is -2.37. The van der Waals surface area contributed by atoms with E-state index < -0.39 is 6.04 Å². The van der Waals surface area contributed by atoms with Crippen LogP contribution in [0.2, 0.25) is 0 Å². The van der Waals surface area contributed by atoms with Crippen molar-refractivity contribution < 1.29 is 14.4 Å². The first-order chi connectivity index (χ1) is 18.0. The van der Waals surface area contributed by atoms with E-state index >= 15 is 0 Å². The zero-order valence-electron chi connectivity index (χ0n) is 20.6. The Kier molecular flexibility index (Phi) is 7.96. The van der Waals surface area contributed by atoms with Gasteiger partial charge in [-0.05, 0) is 74.4 Å². The number of carbonyl (C=O) groups is 3. The lowest BCUT2D eigenvalue weighted by Crippen LogP contribution is -2.52. The molecule has 7 nitrogen and oxygen atoms in total. The lowest BCUT2D eigenvalue weighted by molar-refractivity contribution is -0.139. The van der Waals surface area contributed by atoms with Crippen LogP contribution in [-0.4, -0.2) is 45.4 Å². The SMILES string of the molecule is N#Cc1cc2c(nc1SCC(=O)N(C1CCCCC1)C1CC(=O)N(c3ccc(Br)cc3)C1=O)CCCC2. The van der Waals surface area contributed by atoms with Gasteiger partial charge in [-0.25, -0.2) is 9.88 Å². The Balaban J connectivity index is 1.38. The number of aryl methyl sites for hydroxylation is 2. The first-order valence-electron chi connectivity index (χ1n) is 13.0. The summed E-state index contributed by atoms with van der Waals surface area (Å²) in [7, 11) is 0. The highest BCUT2D eigenvalue weighted by Gasteiger charge is 2.46.